The molecule has 0 amide bonds. The zero-order valence-electron chi connectivity index (χ0n) is 7.19. The summed E-state index contributed by atoms with van der Waals surface area (Å²) in [6.07, 6.45) is 8.22. The molecule has 2 unspecified atom stereocenters. The predicted molar refractivity (Wildman–Crippen MR) is 59.8 cm³/mol. The van der Waals surface area contributed by atoms with E-state index in [9.17, 15) is 0 Å². The highest BCUT2D eigenvalue weighted by Crippen LogP contribution is 2.12. The second-order valence-electron chi connectivity index (χ2n) is 2.72. The highest BCUT2D eigenvalue weighted by atomic mass is 79.9. The topological polar surface area (TPSA) is 0 Å². The molecule has 0 spiro atoms. The van der Waals surface area contributed by atoms with Crippen molar-refractivity contribution in [2.75, 3.05) is 0 Å². The summed E-state index contributed by atoms with van der Waals surface area (Å²) in [4.78, 5) is 1.05. The van der Waals surface area contributed by atoms with Crippen molar-refractivity contribution in [3.63, 3.8) is 0 Å². The number of unbranched alkanes of at least 4 members (excludes halogenated alkanes) is 1. The van der Waals surface area contributed by atoms with Gasteiger partial charge in [-0.3, -0.25) is 0 Å². The summed E-state index contributed by atoms with van der Waals surface area (Å²) in [5.41, 5.74) is 0. The summed E-state index contributed by atoms with van der Waals surface area (Å²) < 4.78 is 0. The number of hydrogen-bond donors (Lipinski definition) is 0. The third-order valence-corrected chi connectivity index (χ3v) is 2.49. The highest BCUT2D eigenvalue weighted by Gasteiger charge is 1.97. The van der Waals surface area contributed by atoms with Gasteiger partial charge in [0.05, 0.1) is 0 Å². The lowest BCUT2D eigenvalue weighted by molar-refractivity contribution is 0.742. The van der Waals surface area contributed by atoms with Crippen molar-refractivity contribution in [3.8, 4) is 0 Å². The molecule has 2 atom stereocenters. The first-order valence-electron chi connectivity index (χ1n) is 4.13. The molecule has 0 heterocycles. The van der Waals surface area contributed by atoms with Crippen molar-refractivity contribution in [2.24, 2.45) is 0 Å². The molecule has 66 valence electrons. The Balaban J connectivity index is 3.42. The van der Waals surface area contributed by atoms with Gasteiger partial charge in [0.1, 0.15) is 0 Å². The Bertz CT molecular complexity index is 108. The lowest BCUT2D eigenvalue weighted by Gasteiger charge is -2.02. The molecule has 0 aliphatic rings. The number of rotatable bonds is 5. The second kappa shape index (κ2) is 7.35. The van der Waals surface area contributed by atoms with Gasteiger partial charge in [0.15, 0.2) is 0 Å². The van der Waals surface area contributed by atoms with E-state index >= 15 is 0 Å². The van der Waals surface area contributed by atoms with E-state index in [1.54, 1.807) is 0 Å². The minimum Gasteiger partial charge on any atom is -0.0848 e. The van der Waals surface area contributed by atoms with Gasteiger partial charge < -0.3 is 0 Å². The zero-order valence-corrected chi connectivity index (χ0v) is 10.4. The van der Waals surface area contributed by atoms with Crippen LogP contribution in [0.15, 0.2) is 12.2 Å². The van der Waals surface area contributed by atoms with Crippen molar-refractivity contribution in [2.45, 2.75) is 42.8 Å². The molecule has 0 aliphatic carbocycles. The summed E-state index contributed by atoms with van der Waals surface area (Å²) in [5.74, 6) is 0. The van der Waals surface area contributed by atoms with Crippen LogP contribution < -0.4 is 0 Å². The molecule has 0 saturated heterocycles. The Hall–Kier alpha value is 0.700. The van der Waals surface area contributed by atoms with E-state index in [0.717, 1.165) is 0 Å². The van der Waals surface area contributed by atoms with Gasteiger partial charge in [0.2, 0.25) is 0 Å². The van der Waals surface area contributed by atoms with Crippen LogP contribution in [0.4, 0.5) is 0 Å². The molecule has 0 radical (unpaired) electrons. The summed E-state index contributed by atoms with van der Waals surface area (Å²) in [6.45, 7) is 4.34. The minimum absolute atomic E-state index is 0.490. The summed E-state index contributed by atoms with van der Waals surface area (Å²) >= 11 is 7.06. The molecule has 0 bridgehead atoms. The number of alkyl halides is 2. The molecule has 0 aromatic heterocycles. The third-order valence-electron chi connectivity index (χ3n) is 1.42. The van der Waals surface area contributed by atoms with Crippen molar-refractivity contribution in [1.29, 1.82) is 0 Å². The first-order valence-corrected chi connectivity index (χ1v) is 5.96. The predicted octanol–water partition coefficient (Wildman–Crippen LogP) is 4.28. The Kier molecular flexibility index (Phi) is 7.82. The molecular formula is C9H16Br2. The highest BCUT2D eigenvalue weighted by molar-refractivity contribution is 9.10. The quantitative estimate of drug-likeness (QED) is 0.522. The summed E-state index contributed by atoms with van der Waals surface area (Å²) in [6, 6.07) is 0. The fourth-order valence-corrected chi connectivity index (χ4v) is 1.45. The lowest BCUT2D eigenvalue weighted by Crippen LogP contribution is -1.93. The van der Waals surface area contributed by atoms with E-state index in [0.29, 0.717) is 9.65 Å². The van der Waals surface area contributed by atoms with E-state index < -0.39 is 0 Å². The van der Waals surface area contributed by atoms with E-state index in [-0.39, 0.29) is 0 Å². The summed E-state index contributed by atoms with van der Waals surface area (Å²) in [7, 11) is 0. The van der Waals surface area contributed by atoms with Gasteiger partial charge in [0.25, 0.3) is 0 Å². The molecular weight excluding hydrogens is 268 g/mol. The van der Waals surface area contributed by atoms with E-state index in [4.69, 9.17) is 0 Å². The van der Waals surface area contributed by atoms with Crippen LogP contribution in [-0.4, -0.2) is 9.65 Å². The first-order chi connectivity index (χ1) is 5.16. The van der Waals surface area contributed by atoms with Crippen LogP contribution >= 0.6 is 31.9 Å². The third kappa shape index (κ3) is 8.61. The van der Waals surface area contributed by atoms with E-state index in [2.05, 4.69) is 57.9 Å². The maximum absolute atomic E-state index is 3.60. The van der Waals surface area contributed by atoms with Gasteiger partial charge in [-0.2, -0.15) is 0 Å². The summed E-state index contributed by atoms with van der Waals surface area (Å²) in [5, 5.41) is 0. The molecule has 0 rings (SSSR count). The van der Waals surface area contributed by atoms with Gasteiger partial charge in [-0.25, -0.2) is 0 Å². The maximum atomic E-state index is 3.60. The molecule has 0 fully saturated rings. The van der Waals surface area contributed by atoms with Crippen LogP contribution in [0.5, 0.6) is 0 Å². The van der Waals surface area contributed by atoms with Crippen LogP contribution in [0.25, 0.3) is 0 Å². The Morgan fingerprint density at radius 2 is 1.91 bits per heavy atom. The van der Waals surface area contributed by atoms with E-state index in [1.807, 2.05) is 0 Å². The molecule has 0 saturated carbocycles. The molecule has 2 heteroatoms. The fraction of sp³-hybridized carbons (Fsp3) is 0.778. The van der Waals surface area contributed by atoms with Crippen LogP contribution in [-0.2, 0) is 0 Å². The molecule has 0 nitrogen and oxygen atoms in total. The number of halogens is 2. The van der Waals surface area contributed by atoms with Gasteiger partial charge in [-0.15, -0.1) is 0 Å². The van der Waals surface area contributed by atoms with Gasteiger partial charge in [0, 0.05) is 9.65 Å². The van der Waals surface area contributed by atoms with Gasteiger partial charge >= 0.3 is 0 Å². The monoisotopic (exact) mass is 282 g/mol. The Labute approximate surface area is 86.7 Å². The van der Waals surface area contributed by atoms with Crippen molar-refractivity contribution in [1.82, 2.24) is 0 Å². The van der Waals surface area contributed by atoms with Crippen LogP contribution in [0.1, 0.15) is 33.1 Å². The van der Waals surface area contributed by atoms with Gasteiger partial charge in [-0.1, -0.05) is 63.8 Å². The van der Waals surface area contributed by atoms with Gasteiger partial charge in [-0.05, 0) is 13.3 Å². The normalized spacial score (nSPS) is 17.1. The standard InChI is InChI=1S/C9H16Br2/c1-3-4-5-9(11)7-6-8(2)10/h6-9H,3-5H2,1-2H3. The molecule has 0 N–H and O–H groups in total. The van der Waals surface area contributed by atoms with Crippen LogP contribution in [0, 0.1) is 0 Å². The largest absolute Gasteiger partial charge is 0.0848 e. The van der Waals surface area contributed by atoms with Crippen molar-refractivity contribution < 1.29 is 0 Å². The Morgan fingerprint density at radius 1 is 1.27 bits per heavy atom. The van der Waals surface area contributed by atoms with Crippen LogP contribution in [0.2, 0.25) is 0 Å². The SMILES string of the molecule is CCCCC(Br)C=CC(C)Br. The molecule has 0 aliphatic heterocycles. The van der Waals surface area contributed by atoms with Crippen LogP contribution in [0.3, 0.4) is 0 Å². The Morgan fingerprint density at radius 3 is 2.36 bits per heavy atom. The van der Waals surface area contributed by atoms with Crippen molar-refractivity contribution in [3.05, 3.63) is 12.2 Å². The fourth-order valence-electron chi connectivity index (χ4n) is 0.769. The van der Waals surface area contributed by atoms with E-state index in [1.165, 1.54) is 19.3 Å². The average molecular weight is 284 g/mol. The lowest BCUT2D eigenvalue weighted by atomic mass is 10.2. The number of allylic oxidation sites excluding steroid dienone is 2. The van der Waals surface area contributed by atoms with Crippen molar-refractivity contribution >= 4 is 31.9 Å². The second-order valence-corrected chi connectivity index (χ2v) is 5.34. The maximum Gasteiger partial charge on any atom is 0.0325 e. The molecule has 0 aromatic carbocycles. The average Bonchev–Trinajstić information content (AvgIpc) is 1.97. The molecule has 0 aromatic rings. The smallest absolute Gasteiger partial charge is 0.0325 e. The minimum atomic E-state index is 0.490. The first kappa shape index (κ1) is 11.7. The molecule has 11 heavy (non-hydrogen) atoms. The zero-order chi connectivity index (χ0) is 8.69. The number of hydrogen-bond acceptors (Lipinski definition) is 0.